The fourth-order valence-corrected chi connectivity index (χ4v) is 4.78. The maximum Gasteiger partial charge on any atom is 0.194 e. The first-order chi connectivity index (χ1) is 18.8. The highest BCUT2D eigenvalue weighted by Crippen LogP contribution is 2.38. The van der Waals surface area contributed by atoms with E-state index >= 15 is 0 Å². The number of hydrogen-bond acceptors (Lipinski definition) is 9. The highest BCUT2D eigenvalue weighted by atomic mass is 19.2. The molecule has 0 amide bonds. The number of ether oxygens (including phenoxy) is 1. The molecule has 0 saturated carbocycles. The third-order valence-electron chi connectivity index (χ3n) is 6.77. The fraction of sp³-hybridized carbons (Fsp3) is 0.292. The summed E-state index contributed by atoms with van der Waals surface area (Å²) >= 11 is 0. The van der Waals surface area contributed by atoms with Crippen molar-refractivity contribution >= 4 is 11.0 Å². The van der Waals surface area contributed by atoms with Crippen molar-refractivity contribution in [2.75, 3.05) is 6.61 Å². The van der Waals surface area contributed by atoms with Crippen LogP contribution in [0.4, 0.5) is 13.2 Å². The minimum atomic E-state index is -1.62. The van der Waals surface area contributed by atoms with Crippen molar-refractivity contribution in [3.8, 4) is 16.9 Å². The zero-order valence-corrected chi connectivity index (χ0v) is 20.2. The van der Waals surface area contributed by atoms with Crippen LogP contribution in [0.1, 0.15) is 18.0 Å². The number of aryl methyl sites for hydroxylation is 1. The number of aliphatic hydroxyl groups is 3. The molecule has 3 aromatic heterocycles. The van der Waals surface area contributed by atoms with E-state index in [1.165, 1.54) is 17.2 Å². The number of nitrogens with zero attached hydrogens (tertiary/aromatic N) is 8. The summed E-state index contributed by atoms with van der Waals surface area (Å²) < 4.78 is 51.2. The third kappa shape index (κ3) is 4.15. The molecule has 0 bridgehead atoms. The van der Waals surface area contributed by atoms with Gasteiger partial charge in [0.1, 0.15) is 42.5 Å². The van der Waals surface area contributed by atoms with E-state index in [0.717, 1.165) is 27.8 Å². The van der Waals surface area contributed by atoms with Crippen molar-refractivity contribution in [1.82, 2.24) is 39.3 Å². The minimum absolute atomic E-state index is 0.0385. The number of aliphatic hydroxyl groups excluding tert-OH is 3. The standard InChI is InChI=1S/C24H21F3N8O4/c1-33-10-29-15-3-2-12(6-17(15)33)35-24(28-9-30-35)23-22(38)20(21(37)18(8-36)39-23)34-7-16(31-32-34)11-4-13(25)19(27)14(26)5-11/h2-7,9-10,18,20-23,36-38H,8H2,1H3/t18-,20+,21+,22-,23-/m1/s1. The molecule has 2 aromatic carbocycles. The van der Waals surface area contributed by atoms with E-state index < -0.39 is 54.5 Å². The van der Waals surface area contributed by atoms with Crippen LogP contribution >= 0.6 is 0 Å². The highest BCUT2D eigenvalue weighted by molar-refractivity contribution is 5.77. The van der Waals surface area contributed by atoms with Crippen LogP contribution in [-0.4, -0.2) is 79.5 Å². The number of benzene rings is 2. The van der Waals surface area contributed by atoms with Crippen LogP contribution in [0.5, 0.6) is 0 Å². The first-order valence-electron chi connectivity index (χ1n) is 11.8. The molecule has 0 spiro atoms. The number of fused-ring (bicyclic) bond motifs is 1. The lowest BCUT2D eigenvalue weighted by molar-refractivity contribution is -0.210. The van der Waals surface area contributed by atoms with Crippen molar-refractivity contribution in [3.63, 3.8) is 0 Å². The minimum Gasteiger partial charge on any atom is -0.394 e. The summed E-state index contributed by atoms with van der Waals surface area (Å²) in [6.45, 7) is -0.605. The molecule has 3 N–H and O–H groups in total. The van der Waals surface area contributed by atoms with Crippen molar-refractivity contribution in [3.05, 3.63) is 72.5 Å². The zero-order valence-electron chi connectivity index (χ0n) is 20.2. The second-order valence-electron chi connectivity index (χ2n) is 9.15. The molecule has 1 aliphatic rings. The molecule has 12 nitrogen and oxygen atoms in total. The van der Waals surface area contributed by atoms with Gasteiger partial charge in [0, 0.05) is 12.6 Å². The molecule has 1 aliphatic heterocycles. The van der Waals surface area contributed by atoms with Crippen LogP contribution in [-0.2, 0) is 11.8 Å². The lowest BCUT2D eigenvalue weighted by atomic mass is 9.92. The SMILES string of the molecule is Cn1cnc2ccc(-n3ncnc3[C@@H]3O[C@H](CO)[C@H](O)[C@H](n4cc(-c5cc(F)c(F)c(F)c5)nn4)[C@H]3O)cc21. The molecule has 1 fully saturated rings. The summed E-state index contributed by atoms with van der Waals surface area (Å²) in [5.41, 5.74) is 2.05. The summed E-state index contributed by atoms with van der Waals surface area (Å²) in [4.78, 5) is 8.57. The molecule has 15 heteroatoms. The molecule has 0 radical (unpaired) electrons. The van der Waals surface area contributed by atoms with E-state index in [9.17, 15) is 28.5 Å². The normalized spacial score (nSPS) is 23.5. The number of rotatable bonds is 5. The van der Waals surface area contributed by atoms with Crippen LogP contribution < -0.4 is 0 Å². The molecule has 5 atom stereocenters. The van der Waals surface area contributed by atoms with Gasteiger partial charge in [-0.1, -0.05) is 5.21 Å². The number of hydrogen-bond donors (Lipinski definition) is 3. The van der Waals surface area contributed by atoms with Gasteiger partial charge in [0.15, 0.2) is 23.3 Å². The predicted octanol–water partition coefficient (Wildman–Crippen LogP) is 1.23. The second kappa shape index (κ2) is 9.53. The van der Waals surface area contributed by atoms with Gasteiger partial charge < -0.3 is 24.6 Å². The summed E-state index contributed by atoms with van der Waals surface area (Å²) in [5.74, 6) is -4.26. The quantitative estimate of drug-likeness (QED) is 0.279. The average Bonchev–Trinajstić information content (AvgIpc) is 3.68. The molecule has 0 aliphatic carbocycles. The summed E-state index contributed by atoms with van der Waals surface area (Å²) in [7, 11) is 1.84. The number of halogens is 3. The Morgan fingerprint density at radius 3 is 2.54 bits per heavy atom. The van der Waals surface area contributed by atoms with E-state index in [1.807, 2.05) is 17.7 Å². The largest absolute Gasteiger partial charge is 0.394 e. The Balaban J connectivity index is 1.37. The van der Waals surface area contributed by atoms with Gasteiger partial charge in [-0.15, -0.1) is 5.10 Å². The first-order valence-corrected chi connectivity index (χ1v) is 11.8. The molecule has 4 heterocycles. The fourth-order valence-electron chi connectivity index (χ4n) is 4.78. The molecule has 39 heavy (non-hydrogen) atoms. The number of imidazole rings is 1. The zero-order chi connectivity index (χ0) is 27.4. The maximum absolute atomic E-state index is 13.8. The van der Waals surface area contributed by atoms with Gasteiger partial charge >= 0.3 is 0 Å². The Bertz CT molecular complexity index is 1650. The van der Waals surface area contributed by atoms with Crippen molar-refractivity contribution < 1.29 is 33.2 Å². The van der Waals surface area contributed by atoms with Crippen molar-refractivity contribution in [2.45, 2.75) is 30.5 Å². The van der Waals surface area contributed by atoms with Gasteiger partial charge in [0.2, 0.25) is 0 Å². The van der Waals surface area contributed by atoms with Crippen molar-refractivity contribution in [1.29, 1.82) is 0 Å². The van der Waals surface area contributed by atoms with Gasteiger partial charge in [-0.25, -0.2) is 32.5 Å². The Morgan fingerprint density at radius 2 is 1.79 bits per heavy atom. The average molecular weight is 542 g/mol. The lowest BCUT2D eigenvalue weighted by Gasteiger charge is -2.41. The molecule has 202 valence electrons. The topological polar surface area (TPSA) is 149 Å². The van der Waals surface area contributed by atoms with Crippen LogP contribution in [0.25, 0.3) is 28.0 Å². The van der Waals surface area contributed by atoms with E-state index in [-0.39, 0.29) is 17.1 Å². The molecular formula is C24H21F3N8O4. The summed E-state index contributed by atoms with van der Waals surface area (Å²) in [6, 6.07) is 5.69. The molecule has 5 aromatic rings. The van der Waals surface area contributed by atoms with E-state index in [0.29, 0.717) is 5.69 Å². The maximum atomic E-state index is 13.8. The Morgan fingerprint density at radius 1 is 1.03 bits per heavy atom. The summed E-state index contributed by atoms with van der Waals surface area (Å²) in [6.07, 6.45) is -1.11. The van der Waals surface area contributed by atoms with Crippen LogP contribution in [0.3, 0.4) is 0 Å². The van der Waals surface area contributed by atoms with Gasteiger partial charge in [0.05, 0.1) is 35.9 Å². The monoisotopic (exact) mass is 542 g/mol. The Kier molecular flexibility index (Phi) is 6.14. The van der Waals surface area contributed by atoms with Gasteiger partial charge in [0.25, 0.3) is 0 Å². The predicted molar refractivity (Wildman–Crippen MR) is 127 cm³/mol. The van der Waals surface area contributed by atoms with Gasteiger partial charge in [-0.05, 0) is 30.3 Å². The molecule has 6 rings (SSSR count). The third-order valence-corrected chi connectivity index (χ3v) is 6.77. The molecule has 1 saturated heterocycles. The second-order valence-corrected chi connectivity index (χ2v) is 9.15. The van der Waals surface area contributed by atoms with Crippen LogP contribution in [0, 0.1) is 17.5 Å². The molecule has 0 unspecified atom stereocenters. The van der Waals surface area contributed by atoms with Crippen LogP contribution in [0.2, 0.25) is 0 Å². The first kappa shape index (κ1) is 25.1. The Hall–Kier alpha value is -4.18. The van der Waals surface area contributed by atoms with Crippen molar-refractivity contribution in [2.24, 2.45) is 7.05 Å². The Labute approximate surface area is 217 Å². The van der Waals surface area contributed by atoms with E-state index in [4.69, 9.17) is 4.74 Å². The smallest absolute Gasteiger partial charge is 0.194 e. The molecular weight excluding hydrogens is 521 g/mol. The van der Waals surface area contributed by atoms with E-state index in [1.54, 1.807) is 18.5 Å². The van der Waals surface area contributed by atoms with Gasteiger partial charge in [-0.2, -0.15) is 5.10 Å². The summed E-state index contributed by atoms with van der Waals surface area (Å²) in [5, 5.41) is 44.3. The number of aromatic nitrogens is 8. The highest BCUT2D eigenvalue weighted by Gasteiger charge is 2.48. The van der Waals surface area contributed by atoms with Crippen LogP contribution in [0.15, 0.2) is 49.2 Å². The van der Waals surface area contributed by atoms with E-state index in [2.05, 4.69) is 25.4 Å². The lowest BCUT2D eigenvalue weighted by Crippen LogP contribution is -2.53. The van der Waals surface area contributed by atoms with Gasteiger partial charge in [-0.3, -0.25) is 0 Å².